The van der Waals surface area contributed by atoms with Gasteiger partial charge in [-0.3, -0.25) is 0 Å². The molecule has 96 valence electrons. The Bertz CT molecular complexity index is 566. The third-order valence-electron chi connectivity index (χ3n) is 2.43. The zero-order valence-electron chi connectivity index (χ0n) is 9.88. The van der Waals surface area contributed by atoms with Gasteiger partial charge in [-0.2, -0.15) is 0 Å². The van der Waals surface area contributed by atoms with Crippen LogP contribution >= 0.6 is 11.3 Å². The average molecular weight is 272 g/mol. The molecule has 0 saturated carbocycles. The van der Waals surface area contributed by atoms with Gasteiger partial charge in [0.05, 0.1) is 0 Å². The van der Waals surface area contributed by atoms with Crippen molar-refractivity contribution in [3.8, 4) is 0 Å². The summed E-state index contributed by atoms with van der Waals surface area (Å²) in [6.07, 6.45) is 0.118. The topological polar surface area (TPSA) is 25.8 Å². The van der Waals surface area contributed by atoms with Crippen LogP contribution in [-0.4, -0.2) is 10.2 Å². The average Bonchev–Trinajstić information content (AvgIpc) is 2.79. The molecule has 0 unspecified atom stereocenters. The standard InChI is InChI=1S/C12H11F3N2S/c1-6(2)12-17-16-9(18-12)5-7-3-4-8(13)11(15)10(7)14/h3-4,6H,5H2,1-2H3. The predicted octanol–water partition coefficient (Wildman–Crippen LogP) is 3.67. The minimum Gasteiger partial charge on any atom is -0.204 e. The second-order valence-corrected chi connectivity index (χ2v) is 5.29. The van der Waals surface area contributed by atoms with Crippen LogP contribution in [0.2, 0.25) is 0 Å². The molecule has 0 aliphatic rings. The molecule has 0 N–H and O–H groups in total. The van der Waals surface area contributed by atoms with E-state index in [2.05, 4.69) is 10.2 Å². The van der Waals surface area contributed by atoms with Gasteiger partial charge in [-0.05, 0) is 11.6 Å². The van der Waals surface area contributed by atoms with Crippen molar-refractivity contribution in [2.75, 3.05) is 0 Å². The van der Waals surface area contributed by atoms with E-state index in [0.29, 0.717) is 5.01 Å². The van der Waals surface area contributed by atoms with Crippen molar-refractivity contribution in [2.45, 2.75) is 26.2 Å². The lowest BCUT2D eigenvalue weighted by molar-refractivity contribution is 0.442. The summed E-state index contributed by atoms with van der Waals surface area (Å²) in [6.45, 7) is 3.95. The molecule has 0 atom stereocenters. The molecule has 1 aromatic heterocycles. The number of halogens is 3. The second-order valence-electron chi connectivity index (χ2n) is 4.20. The van der Waals surface area contributed by atoms with E-state index in [0.717, 1.165) is 11.1 Å². The zero-order valence-corrected chi connectivity index (χ0v) is 10.7. The van der Waals surface area contributed by atoms with Crippen LogP contribution in [-0.2, 0) is 6.42 Å². The first-order valence-electron chi connectivity index (χ1n) is 5.43. The quantitative estimate of drug-likeness (QED) is 0.797. The molecule has 2 rings (SSSR count). The van der Waals surface area contributed by atoms with Gasteiger partial charge in [0.2, 0.25) is 0 Å². The summed E-state index contributed by atoms with van der Waals surface area (Å²) < 4.78 is 39.3. The lowest BCUT2D eigenvalue weighted by Gasteiger charge is -2.02. The molecule has 1 aromatic carbocycles. The fourth-order valence-electron chi connectivity index (χ4n) is 1.44. The van der Waals surface area contributed by atoms with Crippen molar-refractivity contribution in [1.82, 2.24) is 10.2 Å². The van der Waals surface area contributed by atoms with Crippen LogP contribution in [0.4, 0.5) is 13.2 Å². The fraction of sp³-hybridized carbons (Fsp3) is 0.333. The smallest absolute Gasteiger partial charge is 0.194 e. The molecule has 0 fully saturated rings. The van der Waals surface area contributed by atoms with Crippen molar-refractivity contribution >= 4 is 11.3 Å². The van der Waals surface area contributed by atoms with E-state index in [4.69, 9.17) is 0 Å². The Hall–Kier alpha value is -1.43. The van der Waals surface area contributed by atoms with E-state index >= 15 is 0 Å². The number of rotatable bonds is 3. The third kappa shape index (κ3) is 2.53. The first-order valence-corrected chi connectivity index (χ1v) is 6.25. The Morgan fingerprint density at radius 1 is 1.11 bits per heavy atom. The van der Waals surface area contributed by atoms with Gasteiger partial charge in [-0.15, -0.1) is 21.5 Å². The number of aromatic nitrogens is 2. The van der Waals surface area contributed by atoms with E-state index in [1.807, 2.05) is 13.8 Å². The summed E-state index contributed by atoms with van der Waals surface area (Å²) in [5, 5.41) is 9.30. The minimum absolute atomic E-state index is 0.0837. The highest BCUT2D eigenvalue weighted by molar-refractivity contribution is 7.11. The Morgan fingerprint density at radius 2 is 1.83 bits per heavy atom. The highest BCUT2D eigenvalue weighted by Crippen LogP contribution is 2.23. The van der Waals surface area contributed by atoms with Gasteiger partial charge in [0.1, 0.15) is 10.0 Å². The third-order valence-corrected chi connectivity index (χ3v) is 3.66. The zero-order chi connectivity index (χ0) is 13.3. The molecule has 0 amide bonds. The normalized spacial score (nSPS) is 11.2. The van der Waals surface area contributed by atoms with E-state index in [-0.39, 0.29) is 17.9 Å². The first-order chi connectivity index (χ1) is 8.49. The molecule has 0 bridgehead atoms. The summed E-state index contributed by atoms with van der Waals surface area (Å²) in [5.41, 5.74) is 0.0837. The first kappa shape index (κ1) is 13.0. The SMILES string of the molecule is CC(C)c1nnc(Cc2ccc(F)c(F)c2F)s1. The molecule has 0 radical (unpaired) electrons. The molecular formula is C12H11F3N2S. The molecule has 2 nitrogen and oxygen atoms in total. The van der Waals surface area contributed by atoms with Gasteiger partial charge < -0.3 is 0 Å². The van der Waals surface area contributed by atoms with Crippen molar-refractivity contribution in [2.24, 2.45) is 0 Å². The van der Waals surface area contributed by atoms with Crippen molar-refractivity contribution in [3.63, 3.8) is 0 Å². The molecule has 0 saturated heterocycles. The number of benzene rings is 1. The highest BCUT2D eigenvalue weighted by Gasteiger charge is 2.15. The summed E-state index contributed by atoms with van der Waals surface area (Å²) in [5.74, 6) is -3.54. The van der Waals surface area contributed by atoms with E-state index < -0.39 is 17.5 Å². The molecule has 6 heteroatoms. The number of hydrogen-bond acceptors (Lipinski definition) is 3. The van der Waals surface area contributed by atoms with Crippen LogP contribution in [0.15, 0.2) is 12.1 Å². The number of hydrogen-bond donors (Lipinski definition) is 0. The summed E-state index contributed by atoms with van der Waals surface area (Å²) in [7, 11) is 0. The maximum absolute atomic E-state index is 13.5. The van der Waals surface area contributed by atoms with Crippen molar-refractivity contribution in [3.05, 3.63) is 45.2 Å². The number of nitrogens with zero attached hydrogens (tertiary/aromatic N) is 2. The second kappa shape index (κ2) is 5.06. The van der Waals surface area contributed by atoms with Gasteiger partial charge >= 0.3 is 0 Å². The lowest BCUT2D eigenvalue weighted by atomic mass is 10.1. The van der Waals surface area contributed by atoms with Gasteiger partial charge in [0, 0.05) is 12.3 Å². The van der Waals surface area contributed by atoms with E-state index in [1.54, 1.807) is 0 Å². The Labute approximate surface area is 106 Å². The fourth-order valence-corrected chi connectivity index (χ4v) is 2.30. The molecule has 0 aliphatic carbocycles. The van der Waals surface area contributed by atoms with E-state index in [9.17, 15) is 13.2 Å². The van der Waals surface area contributed by atoms with Crippen LogP contribution < -0.4 is 0 Å². The molecule has 0 aliphatic heterocycles. The lowest BCUT2D eigenvalue weighted by Crippen LogP contribution is -1.98. The van der Waals surface area contributed by atoms with Crippen LogP contribution in [0.25, 0.3) is 0 Å². The molecule has 1 heterocycles. The Kier molecular flexibility index (Phi) is 3.65. The summed E-state index contributed by atoms with van der Waals surface area (Å²) in [4.78, 5) is 0. The maximum atomic E-state index is 13.5. The van der Waals surface area contributed by atoms with Crippen LogP contribution in [0.3, 0.4) is 0 Å². The van der Waals surface area contributed by atoms with Crippen LogP contribution in [0, 0.1) is 17.5 Å². The van der Waals surface area contributed by atoms with Crippen molar-refractivity contribution in [1.29, 1.82) is 0 Å². The maximum Gasteiger partial charge on any atom is 0.194 e. The monoisotopic (exact) mass is 272 g/mol. The largest absolute Gasteiger partial charge is 0.204 e. The Balaban J connectivity index is 2.26. The molecule has 18 heavy (non-hydrogen) atoms. The highest BCUT2D eigenvalue weighted by atomic mass is 32.1. The van der Waals surface area contributed by atoms with Crippen LogP contribution in [0.5, 0.6) is 0 Å². The van der Waals surface area contributed by atoms with Gasteiger partial charge in [-0.25, -0.2) is 13.2 Å². The molecule has 0 spiro atoms. The Morgan fingerprint density at radius 3 is 2.44 bits per heavy atom. The van der Waals surface area contributed by atoms with Gasteiger partial charge in [0.15, 0.2) is 17.5 Å². The van der Waals surface area contributed by atoms with Crippen molar-refractivity contribution < 1.29 is 13.2 Å². The summed E-state index contributed by atoms with van der Waals surface area (Å²) in [6, 6.07) is 2.14. The van der Waals surface area contributed by atoms with Gasteiger partial charge in [0.25, 0.3) is 0 Å². The molecule has 2 aromatic rings. The molecular weight excluding hydrogens is 261 g/mol. The summed E-state index contributed by atoms with van der Waals surface area (Å²) >= 11 is 1.35. The predicted molar refractivity (Wildman–Crippen MR) is 63.1 cm³/mol. The van der Waals surface area contributed by atoms with Gasteiger partial charge in [-0.1, -0.05) is 19.9 Å². The van der Waals surface area contributed by atoms with Crippen LogP contribution in [0.1, 0.15) is 35.3 Å². The van der Waals surface area contributed by atoms with E-state index in [1.165, 1.54) is 17.4 Å². The minimum atomic E-state index is -1.44.